The molecule has 0 radical (unpaired) electrons. The maximum Gasteiger partial charge on any atom is 0.224 e. The van der Waals surface area contributed by atoms with Crippen LogP contribution in [0.3, 0.4) is 0 Å². The number of rotatable bonds is 8. The number of carbonyl (C=O) groups excluding carboxylic acids is 1. The van der Waals surface area contributed by atoms with Gasteiger partial charge in [-0.1, -0.05) is 20.8 Å². The van der Waals surface area contributed by atoms with Gasteiger partial charge in [-0.25, -0.2) is 0 Å². The fraction of sp³-hybridized carbons (Fsp3) is 0.941. The van der Waals surface area contributed by atoms with E-state index in [2.05, 4.69) is 20.8 Å². The number of amides is 1. The minimum Gasteiger partial charge on any atom is -0.385 e. The Labute approximate surface area is 130 Å². The van der Waals surface area contributed by atoms with E-state index >= 15 is 0 Å². The van der Waals surface area contributed by atoms with Crippen molar-refractivity contribution in [3.8, 4) is 0 Å². The van der Waals surface area contributed by atoms with Gasteiger partial charge < -0.3 is 14.4 Å². The second kappa shape index (κ2) is 9.42. The summed E-state index contributed by atoms with van der Waals surface area (Å²) in [6.07, 6.45) is 4.97. The zero-order chi connectivity index (χ0) is 15.7. The molecule has 0 aromatic heterocycles. The predicted octanol–water partition coefficient (Wildman–Crippen LogP) is 3.10. The fourth-order valence-electron chi connectivity index (χ4n) is 2.98. The van der Waals surface area contributed by atoms with Crippen molar-refractivity contribution in [1.82, 2.24) is 4.90 Å². The molecule has 0 aromatic rings. The highest BCUT2D eigenvalue weighted by Crippen LogP contribution is 2.30. The molecule has 1 aliphatic rings. The van der Waals surface area contributed by atoms with Gasteiger partial charge in [0.15, 0.2) is 0 Å². The minimum absolute atomic E-state index is 0.246. The van der Waals surface area contributed by atoms with Gasteiger partial charge in [-0.3, -0.25) is 4.79 Å². The number of piperidine rings is 1. The van der Waals surface area contributed by atoms with Crippen molar-refractivity contribution in [2.45, 2.75) is 52.9 Å². The van der Waals surface area contributed by atoms with E-state index in [-0.39, 0.29) is 5.91 Å². The van der Waals surface area contributed by atoms with Gasteiger partial charge in [0.25, 0.3) is 0 Å². The van der Waals surface area contributed by atoms with E-state index in [0.717, 1.165) is 44.9 Å². The van der Waals surface area contributed by atoms with Crippen molar-refractivity contribution in [1.29, 1.82) is 0 Å². The molecule has 1 aliphatic heterocycles. The second-order valence-corrected chi connectivity index (χ2v) is 7.30. The Hall–Kier alpha value is -0.610. The van der Waals surface area contributed by atoms with E-state index in [0.29, 0.717) is 25.0 Å². The summed E-state index contributed by atoms with van der Waals surface area (Å²) in [6.45, 7) is 10.7. The third kappa shape index (κ3) is 8.42. The lowest BCUT2D eigenvalue weighted by molar-refractivity contribution is -0.133. The van der Waals surface area contributed by atoms with Crippen LogP contribution in [0, 0.1) is 11.3 Å². The first-order valence-corrected chi connectivity index (χ1v) is 8.27. The summed E-state index contributed by atoms with van der Waals surface area (Å²) in [5, 5.41) is 0. The zero-order valence-corrected chi connectivity index (χ0v) is 14.3. The van der Waals surface area contributed by atoms with Crippen molar-refractivity contribution < 1.29 is 14.3 Å². The van der Waals surface area contributed by atoms with Crippen LogP contribution in [0.15, 0.2) is 0 Å². The van der Waals surface area contributed by atoms with Gasteiger partial charge in [-0.15, -0.1) is 0 Å². The van der Waals surface area contributed by atoms with Crippen molar-refractivity contribution in [2.24, 2.45) is 11.3 Å². The van der Waals surface area contributed by atoms with Crippen molar-refractivity contribution in [2.75, 3.05) is 40.0 Å². The van der Waals surface area contributed by atoms with E-state index in [1.54, 1.807) is 7.11 Å². The van der Waals surface area contributed by atoms with Gasteiger partial charge in [0.2, 0.25) is 5.91 Å². The monoisotopic (exact) mass is 299 g/mol. The molecule has 0 bridgehead atoms. The Morgan fingerprint density at radius 3 is 2.38 bits per heavy atom. The molecule has 0 N–H and O–H groups in total. The summed E-state index contributed by atoms with van der Waals surface area (Å²) in [4.78, 5) is 14.1. The molecule has 124 valence electrons. The first-order chi connectivity index (χ1) is 9.92. The molecule has 4 heteroatoms. The number of nitrogens with zero attached hydrogens (tertiary/aromatic N) is 1. The summed E-state index contributed by atoms with van der Waals surface area (Å²) >= 11 is 0. The Bertz CT molecular complexity index is 291. The normalized spacial score (nSPS) is 17.2. The molecule has 0 saturated carbocycles. The van der Waals surface area contributed by atoms with Gasteiger partial charge in [0.1, 0.15) is 0 Å². The molecule has 0 aliphatic carbocycles. The van der Waals surface area contributed by atoms with E-state index in [4.69, 9.17) is 9.47 Å². The highest BCUT2D eigenvalue weighted by Gasteiger charge is 2.25. The standard InChI is InChI=1S/C17H33NO3/c1-17(2,3)14-15-6-9-18(10-7-15)16(19)8-13-21-12-5-11-20-4/h15H,5-14H2,1-4H3. The average molecular weight is 299 g/mol. The van der Waals surface area contributed by atoms with Gasteiger partial charge >= 0.3 is 0 Å². The van der Waals surface area contributed by atoms with Crippen LogP contribution in [0.2, 0.25) is 0 Å². The second-order valence-electron chi connectivity index (χ2n) is 7.30. The van der Waals surface area contributed by atoms with Crippen molar-refractivity contribution in [3.05, 3.63) is 0 Å². The molecule has 4 nitrogen and oxygen atoms in total. The Balaban J connectivity index is 2.11. The molecule has 1 fully saturated rings. The van der Waals surface area contributed by atoms with Crippen molar-refractivity contribution in [3.63, 3.8) is 0 Å². The number of methoxy groups -OCH3 is 1. The van der Waals surface area contributed by atoms with E-state index < -0.39 is 0 Å². The van der Waals surface area contributed by atoms with Crippen LogP contribution in [0.25, 0.3) is 0 Å². The summed E-state index contributed by atoms with van der Waals surface area (Å²) in [7, 11) is 1.69. The molecule has 0 atom stereocenters. The quantitative estimate of drug-likeness (QED) is 0.646. The lowest BCUT2D eigenvalue weighted by atomic mass is 9.80. The van der Waals surface area contributed by atoms with Gasteiger partial charge in [-0.2, -0.15) is 0 Å². The maximum atomic E-state index is 12.1. The molecule has 21 heavy (non-hydrogen) atoms. The maximum absolute atomic E-state index is 12.1. The Morgan fingerprint density at radius 1 is 1.14 bits per heavy atom. The van der Waals surface area contributed by atoms with Crippen molar-refractivity contribution >= 4 is 5.91 Å². The summed E-state index contributed by atoms with van der Waals surface area (Å²) < 4.78 is 10.4. The van der Waals surface area contributed by atoms with Crippen LogP contribution in [-0.2, 0) is 14.3 Å². The van der Waals surface area contributed by atoms with Crippen LogP contribution in [-0.4, -0.2) is 50.8 Å². The molecule has 1 heterocycles. The third-order valence-electron chi connectivity index (χ3n) is 3.97. The first kappa shape index (κ1) is 18.4. The third-order valence-corrected chi connectivity index (χ3v) is 3.97. The van der Waals surface area contributed by atoms with Gasteiger partial charge in [0, 0.05) is 33.4 Å². The highest BCUT2D eigenvalue weighted by molar-refractivity contribution is 5.76. The smallest absolute Gasteiger partial charge is 0.224 e. The number of hydrogen-bond acceptors (Lipinski definition) is 3. The molecular formula is C17H33NO3. The molecule has 1 rings (SSSR count). The summed E-state index contributed by atoms with van der Waals surface area (Å²) in [6, 6.07) is 0. The Morgan fingerprint density at radius 2 is 1.81 bits per heavy atom. The lowest BCUT2D eigenvalue weighted by Gasteiger charge is -2.35. The largest absolute Gasteiger partial charge is 0.385 e. The van der Waals surface area contributed by atoms with E-state index in [9.17, 15) is 4.79 Å². The van der Waals surface area contributed by atoms with Crippen LogP contribution in [0.4, 0.5) is 0 Å². The summed E-state index contributed by atoms with van der Waals surface area (Å²) in [5.74, 6) is 1.02. The molecule has 0 spiro atoms. The van der Waals surface area contributed by atoms with E-state index in [1.807, 2.05) is 4.90 Å². The van der Waals surface area contributed by atoms with Crippen LogP contribution < -0.4 is 0 Å². The molecule has 1 saturated heterocycles. The predicted molar refractivity (Wildman–Crippen MR) is 85.3 cm³/mol. The molecule has 1 amide bonds. The van der Waals surface area contributed by atoms with Crippen LogP contribution >= 0.6 is 0 Å². The van der Waals surface area contributed by atoms with Gasteiger partial charge in [-0.05, 0) is 37.0 Å². The fourth-order valence-corrected chi connectivity index (χ4v) is 2.98. The topological polar surface area (TPSA) is 38.8 Å². The Kier molecular flexibility index (Phi) is 8.27. The minimum atomic E-state index is 0.246. The molecule has 0 aromatic carbocycles. The lowest BCUT2D eigenvalue weighted by Crippen LogP contribution is -2.39. The van der Waals surface area contributed by atoms with Gasteiger partial charge in [0.05, 0.1) is 13.0 Å². The number of likely N-dealkylation sites (tertiary alicyclic amines) is 1. The highest BCUT2D eigenvalue weighted by atomic mass is 16.5. The zero-order valence-electron chi connectivity index (χ0n) is 14.3. The summed E-state index contributed by atoms with van der Waals surface area (Å²) in [5.41, 5.74) is 0.396. The van der Waals surface area contributed by atoms with E-state index in [1.165, 1.54) is 6.42 Å². The first-order valence-electron chi connectivity index (χ1n) is 8.27. The average Bonchev–Trinajstić information content (AvgIpc) is 2.41. The molecule has 0 unspecified atom stereocenters. The SMILES string of the molecule is COCCCOCCC(=O)N1CCC(CC(C)(C)C)CC1. The van der Waals surface area contributed by atoms with Crippen LogP contribution in [0.5, 0.6) is 0 Å². The molecular weight excluding hydrogens is 266 g/mol. The van der Waals surface area contributed by atoms with Crippen LogP contribution in [0.1, 0.15) is 52.9 Å². The number of ether oxygens (including phenoxy) is 2. The number of carbonyl (C=O) groups is 1. The number of hydrogen-bond donors (Lipinski definition) is 0.